The maximum Gasteiger partial charge on any atom is 0.344 e. The summed E-state index contributed by atoms with van der Waals surface area (Å²) in [6.07, 6.45) is 3.02. The van der Waals surface area contributed by atoms with Gasteiger partial charge in [0.2, 0.25) is 0 Å². The molecular formula is C41H70O4S2. The SMILES string of the molecule is CC.CC(C)C.CCCC(C)(Sc1cc(C(C)(C)C)c(O)c(C(C)(C)C)c1)Sc1cc(C)c(OCC(=O)OCC)c(C(C)(C)CC)c1. The van der Waals surface area contributed by atoms with Crippen molar-refractivity contribution in [2.45, 2.75) is 174 Å². The maximum atomic E-state index is 12.1. The van der Waals surface area contributed by atoms with E-state index in [1.807, 2.05) is 37.4 Å². The molecule has 47 heavy (non-hydrogen) atoms. The highest BCUT2D eigenvalue weighted by molar-refractivity contribution is 8.18. The van der Waals surface area contributed by atoms with Crippen LogP contribution in [0.25, 0.3) is 0 Å². The van der Waals surface area contributed by atoms with Crippen molar-refractivity contribution in [3.63, 3.8) is 0 Å². The zero-order valence-corrected chi connectivity index (χ0v) is 35.0. The van der Waals surface area contributed by atoms with E-state index in [0.29, 0.717) is 12.4 Å². The molecule has 2 rings (SSSR count). The van der Waals surface area contributed by atoms with Crippen LogP contribution in [0, 0.1) is 12.8 Å². The molecule has 0 bridgehead atoms. The van der Waals surface area contributed by atoms with Gasteiger partial charge in [-0.3, -0.25) is 0 Å². The molecule has 0 aromatic heterocycles. The van der Waals surface area contributed by atoms with Crippen LogP contribution in [0.4, 0.5) is 0 Å². The molecule has 0 saturated heterocycles. The Hall–Kier alpha value is -1.79. The highest BCUT2D eigenvalue weighted by Gasteiger charge is 2.32. The Morgan fingerprint density at radius 2 is 1.21 bits per heavy atom. The minimum absolute atomic E-state index is 0.0928. The van der Waals surface area contributed by atoms with Gasteiger partial charge in [0.05, 0.1) is 10.7 Å². The summed E-state index contributed by atoms with van der Waals surface area (Å²) in [7, 11) is 0. The molecule has 270 valence electrons. The summed E-state index contributed by atoms with van der Waals surface area (Å²) in [6, 6.07) is 8.82. The average molecular weight is 691 g/mol. The number of carbonyl (C=O) groups is 1. The molecule has 6 heteroatoms. The van der Waals surface area contributed by atoms with Gasteiger partial charge in [-0.05, 0) is 85.6 Å². The van der Waals surface area contributed by atoms with E-state index in [4.69, 9.17) is 9.47 Å². The van der Waals surface area contributed by atoms with Crippen LogP contribution in [0.5, 0.6) is 11.5 Å². The van der Waals surface area contributed by atoms with E-state index in [0.717, 1.165) is 53.2 Å². The Bertz CT molecular complexity index is 1210. The van der Waals surface area contributed by atoms with Gasteiger partial charge in [0, 0.05) is 26.5 Å². The molecule has 0 heterocycles. The van der Waals surface area contributed by atoms with Gasteiger partial charge in [-0.1, -0.05) is 110 Å². The molecule has 2 aromatic rings. The third-order valence-electron chi connectivity index (χ3n) is 7.57. The summed E-state index contributed by atoms with van der Waals surface area (Å²) in [5.74, 6) is 1.68. The molecule has 1 atom stereocenters. The molecular weight excluding hydrogens is 621 g/mol. The van der Waals surface area contributed by atoms with Gasteiger partial charge in [0.15, 0.2) is 6.61 Å². The third-order valence-corrected chi connectivity index (χ3v) is 10.3. The maximum absolute atomic E-state index is 12.1. The first kappa shape index (κ1) is 45.2. The molecule has 0 aliphatic rings. The van der Waals surface area contributed by atoms with Crippen LogP contribution in [0.3, 0.4) is 0 Å². The van der Waals surface area contributed by atoms with Gasteiger partial charge in [0.25, 0.3) is 0 Å². The molecule has 0 aliphatic carbocycles. The molecule has 0 aliphatic heterocycles. The van der Waals surface area contributed by atoms with Crippen LogP contribution < -0.4 is 4.74 Å². The second-order valence-electron chi connectivity index (χ2n) is 15.6. The fourth-order valence-electron chi connectivity index (χ4n) is 4.90. The number of aromatic hydroxyl groups is 1. The van der Waals surface area contributed by atoms with E-state index in [2.05, 4.69) is 128 Å². The lowest BCUT2D eigenvalue weighted by atomic mass is 9.79. The second kappa shape index (κ2) is 19.4. The molecule has 0 spiro atoms. The van der Waals surface area contributed by atoms with Crippen molar-refractivity contribution in [2.24, 2.45) is 5.92 Å². The highest BCUT2D eigenvalue weighted by atomic mass is 32.2. The number of rotatable bonds is 12. The Balaban J connectivity index is 0.00000326. The fourth-order valence-corrected chi connectivity index (χ4v) is 8.02. The third kappa shape index (κ3) is 14.7. The first-order chi connectivity index (χ1) is 21.5. The van der Waals surface area contributed by atoms with Gasteiger partial charge in [-0.2, -0.15) is 0 Å². The van der Waals surface area contributed by atoms with Crippen molar-refractivity contribution >= 4 is 29.5 Å². The van der Waals surface area contributed by atoms with Crippen LogP contribution in [0.2, 0.25) is 0 Å². The largest absolute Gasteiger partial charge is 0.507 e. The first-order valence-corrected chi connectivity index (χ1v) is 19.3. The van der Waals surface area contributed by atoms with E-state index >= 15 is 0 Å². The molecule has 1 N–H and O–H groups in total. The van der Waals surface area contributed by atoms with Gasteiger partial charge in [-0.15, -0.1) is 23.5 Å². The number of esters is 1. The fraction of sp³-hybridized carbons (Fsp3) is 0.683. The summed E-state index contributed by atoms with van der Waals surface area (Å²) >= 11 is 3.78. The number of ether oxygens (including phenoxy) is 2. The molecule has 0 amide bonds. The standard InChI is InChI=1S/C35H54O4S2.C4H10.C2H6/c1-14-17-35(13,41-25-19-26(32(5,6)7)30(37)27(20-25)33(8,9)10)40-24-18-23(4)31(39-22-29(36)38-16-3)28(21-24)34(11,12)15-2;1-4(2)3;1-2/h18-21,37H,14-17,22H2,1-13H3;4H,1-3H3;1-2H3. The lowest BCUT2D eigenvalue weighted by molar-refractivity contribution is -0.145. The number of benzene rings is 2. The normalized spacial score (nSPS) is 13.2. The molecule has 4 nitrogen and oxygen atoms in total. The van der Waals surface area contributed by atoms with Crippen molar-refractivity contribution in [2.75, 3.05) is 13.2 Å². The zero-order chi connectivity index (χ0) is 37.0. The van der Waals surface area contributed by atoms with Crippen molar-refractivity contribution < 1.29 is 19.4 Å². The van der Waals surface area contributed by atoms with E-state index in [1.165, 1.54) is 9.79 Å². The summed E-state index contributed by atoms with van der Waals surface area (Å²) in [5, 5.41) is 11.3. The lowest BCUT2D eigenvalue weighted by Gasteiger charge is -2.33. The molecule has 1 unspecified atom stereocenters. The van der Waals surface area contributed by atoms with Gasteiger partial charge >= 0.3 is 5.97 Å². The number of carbonyl (C=O) groups excluding carboxylic acids is 1. The number of phenols is 1. The predicted octanol–water partition coefficient (Wildman–Crippen LogP) is 13.0. The van der Waals surface area contributed by atoms with Gasteiger partial charge < -0.3 is 14.6 Å². The monoisotopic (exact) mass is 690 g/mol. The smallest absolute Gasteiger partial charge is 0.344 e. The van der Waals surface area contributed by atoms with Crippen molar-refractivity contribution in [1.82, 2.24) is 0 Å². The Kier molecular flexibility index (Phi) is 18.7. The van der Waals surface area contributed by atoms with Crippen LogP contribution in [-0.2, 0) is 25.8 Å². The van der Waals surface area contributed by atoms with Gasteiger partial charge in [-0.25, -0.2) is 4.79 Å². The van der Waals surface area contributed by atoms with E-state index in [-0.39, 0.29) is 32.9 Å². The quantitative estimate of drug-likeness (QED) is 0.136. The topological polar surface area (TPSA) is 55.8 Å². The number of thioether (sulfide) groups is 2. The Labute approximate surface area is 299 Å². The summed E-state index contributed by atoms with van der Waals surface area (Å²) < 4.78 is 11.1. The Morgan fingerprint density at radius 1 is 0.787 bits per heavy atom. The minimum atomic E-state index is -0.351. The number of hydrogen-bond donors (Lipinski definition) is 1. The molecule has 0 radical (unpaired) electrons. The highest BCUT2D eigenvalue weighted by Crippen LogP contribution is 2.52. The van der Waals surface area contributed by atoms with Crippen LogP contribution in [0.1, 0.15) is 159 Å². The number of aryl methyl sites for hydroxylation is 1. The lowest BCUT2D eigenvalue weighted by Crippen LogP contribution is -2.21. The Morgan fingerprint density at radius 3 is 1.60 bits per heavy atom. The summed E-state index contributed by atoms with van der Waals surface area (Å²) in [4.78, 5) is 14.5. The van der Waals surface area contributed by atoms with Crippen LogP contribution in [-0.4, -0.2) is 28.4 Å². The minimum Gasteiger partial charge on any atom is -0.507 e. The van der Waals surface area contributed by atoms with Gasteiger partial charge in [0.1, 0.15) is 11.5 Å². The van der Waals surface area contributed by atoms with Crippen LogP contribution in [0.15, 0.2) is 34.1 Å². The summed E-state index contributed by atoms with van der Waals surface area (Å²) in [6.45, 7) is 38.8. The number of hydrogen-bond acceptors (Lipinski definition) is 6. The molecule has 0 saturated carbocycles. The predicted molar refractivity (Wildman–Crippen MR) is 209 cm³/mol. The second-order valence-corrected chi connectivity index (χ2v) is 19.0. The van der Waals surface area contributed by atoms with Crippen LogP contribution >= 0.6 is 23.5 Å². The van der Waals surface area contributed by atoms with E-state index in [1.54, 1.807) is 6.92 Å². The first-order valence-electron chi connectivity index (χ1n) is 17.7. The number of phenolic OH excluding ortho intramolecular Hbond substituents is 1. The molecule has 0 fully saturated rings. The molecule has 2 aromatic carbocycles. The van der Waals surface area contributed by atoms with Crippen molar-refractivity contribution in [3.8, 4) is 11.5 Å². The van der Waals surface area contributed by atoms with E-state index in [9.17, 15) is 9.90 Å². The average Bonchev–Trinajstić information content (AvgIpc) is 2.92. The zero-order valence-electron chi connectivity index (χ0n) is 33.4. The van der Waals surface area contributed by atoms with E-state index < -0.39 is 0 Å². The van der Waals surface area contributed by atoms with Crippen molar-refractivity contribution in [3.05, 3.63) is 46.5 Å². The van der Waals surface area contributed by atoms with Crippen molar-refractivity contribution in [1.29, 1.82) is 0 Å². The summed E-state index contributed by atoms with van der Waals surface area (Å²) in [5.41, 5.74) is 3.64.